The van der Waals surface area contributed by atoms with Gasteiger partial charge >= 0.3 is 18.0 Å². The van der Waals surface area contributed by atoms with E-state index in [0.717, 1.165) is 36.2 Å². The van der Waals surface area contributed by atoms with Gasteiger partial charge in [0, 0.05) is 42.1 Å². The highest BCUT2D eigenvalue weighted by Gasteiger charge is 2.49. The normalized spacial score (nSPS) is 23.6. The van der Waals surface area contributed by atoms with E-state index >= 15 is 0 Å². The second-order valence-electron chi connectivity index (χ2n) is 11.2. The van der Waals surface area contributed by atoms with Crippen molar-refractivity contribution in [3.8, 4) is 11.8 Å². The zero-order valence-electron chi connectivity index (χ0n) is 29.9. The van der Waals surface area contributed by atoms with Crippen LogP contribution in [0.3, 0.4) is 0 Å². The highest BCUT2D eigenvalue weighted by molar-refractivity contribution is 5.65. The third-order valence-electron chi connectivity index (χ3n) is 6.25. The van der Waals surface area contributed by atoms with Crippen molar-refractivity contribution in [2.45, 2.75) is 121 Å². The number of alkyl halides is 2. The number of carbonyl (C=O) groups excluding carboxylic acids is 2. The fourth-order valence-corrected chi connectivity index (χ4v) is 4.48. The summed E-state index contributed by atoms with van der Waals surface area (Å²) in [5, 5.41) is 0. The lowest BCUT2D eigenvalue weighted by molar-refractivity contribution is -0.205. The van der Waals surface area contributed by atoms with Gasteiger partial charge < -0.3 is 18.9 Å². The molecule has 0 bridgehead atoms. The van der Waals surface area contributed by atoms with Gasteiger partial charge in [-0.2, -0.15) is 8.78 Å². The van der Waals surface area contributed by atoms with Crippen LogP contribution >= 0.6 is 0 Å². The predicted octanol–water partition coefficient (Wildman–Crippen LogP) is 9.36. The number of esters is 2. The third-order valence-corrected chi connectivity index (χ3v) is 6.25. The van der Waals surface area contributed by atoms with E-state index in [1.54, 1.807) is 14.2 Å². The van der Waals surface area contributed by atoms with E-state index in [-0.39, 0.29) is 11.9 Å². The van der Waals surface area contributed by atoms with Crippen LogP contribution in [0.5, 0.6) is 0 Å². The van der Waals surface area contributed by atoms with E-state index in [1.165, 1.54) is 66.6 Å². The molecule has 3 fully saturated rings. The summed E-state index contributed by atoms with van der Waals surface area (Å²) < 4.78 is 38.5. The first-order valence-electron chi connectivity index (χ1n) is 14.7. The Balaban J connectivity index is -0.000000128. The van der Waals surface area contributed by atoms with Gasteiger partial charge in [-0.1, -0.05) is 39.8 Å². The number of allylic oxidation sites excluding steroid dienone is 2. The number of ether oxygens (including phenoxy) is 4. The minimum absolute atomic E-state index is 0.245. The van der Waals surface area contributed by atoms with Crippen molar-refractivity contribution < 1.29 is 37.3 Å². The minimum atomic E-state index is -2.96. The molecule has 0 amide bonds. The molecule has 0 atom stereocenters. The largest absolute Gasteiger partial charge is 0.469 e. The van der Waals surface area contributed by atoms with E-state index in [9.17, 15) is 18.4 Å². The molecule has 1 spiro atoms. The predicted molar refractivity (Wildman–Crippen MR) is 172 cm³/mol. The van der Waals surface area contributed by atoms with Crippen LogP contribution in [0.1, 0.15) is 115 Å². The molecular weight excluding hydrogens is 542 g/mol. The van der Waals surface area contributed by atoms with E-state index in [1.807, 2.05) is 39.8 Å². The van der Waals surface area contributed by atoms with Crippen molar-refractivity contribution in [2.24, 2.45) is 29.1 Å². The van der Waals surface area contributed by atoms with Crippen LogP contribution in [0.4, 0.5) is 8.78 Å². The van der Waals surface area contributed by atoms with Gasteiger partial charge in [-0.05, 0) is 95.3 Å². The second-order valence-corrected chi connectivity index (χ2v) is 11.2. The van der Waals surface area contributed by atoms with Gasteiger partial charge in [0.15, 0.2) is 0 Å². The molecule has 0 radical (unpaired) electrons. The number of halogens is 2. The van der Waals surface area contributed by atoms with Gasteiger partial charge in [0.1, 0.15) is 0 Å². The molecule has 0 aromatic carbocycles. The van der Waals surface area contributed by atoms with Crippen LogP contribution in [0.25, 0.3) is 0 Å². The van der Waals surface area contributed by atoms with Crippen molar-refractivity contribution in [2.75, 3.05) is 35.5 Å². The summed E-state index contributed by atoms with van der Waals surface area (Å²) in [6.45, 7) is 20.5. The van der Waals surface area contributed by atoms with E-state index < -0.39 is 6.11 Å². The Morgan fingerprint density at radius 1 is 0.714 bits per heavy atom. The van der Waals surface area contributed by atoms with Gasteiger partial charge in [-0.15, -0.1) is 11.8 Å². The lowest BCUT2D eigenvalue weighted by Gasteiger charge is -2.56. The standard InChI is InChI=1S/C9H16.C6H12.C4H8.C4H6.C3H6F2O.2C3H6O2.C2H6O/c1-7-3-9(4-7)5-8(2)6-9;1-5-3-6(2)4-5;2*1-3-4-2;1-3(4,5)6-2;2*1-3(4)5-2;1-3-2/h7-8H,3-6H2,1-2H3;5-6H,3-4H2,1-2H3;3-4H,1-2H3;1-2H3;1-2H3;2*1-2H3;1-2H3. The van der Waals surface area contributed by atoms with Crippen molar-refractivity contribution in [3.05, 3.63) is 12.2 Å². The summed E-state index contributed by atoms with van der Waals surface area (Å²) in [5.41, 5.74) is 0.888. The molecule has 0 aromatic rings. The Bertz CT molecular complexity index is 640. The molecule has 0 N–H and O–H groups in total. The van der Waals surface area contributed by atoms with E-state index in [0.29, 0.717) is 6.92 Å². The lowest BCUT2D eigenvalue weighted by atomic mass is 9.49. The Labute approximate surface area is 258 Å². The van der Waals surface area contributed by atoms with Gasteiger partial charge in [0.2, 0.25) is 0 Å². The molecule has 0 saturated heterocycles. The second kappa shape index (κ2) is 31.9. The fourth-order valence-electron chi connectivity index (χ4n) is 4.48. The number of hydrogen-bond acceptors (Lipinski definition) is 6. The number of hydrogen-bond donors (Lipinski definition) is 0. The number of rotatable bonds is 1. The molecule has 0 heterocycles. The summed E-state index contributed by atoms with van der Waals surface area (Å²) in [4.78, 5) is 19.2. The SMILES string of the molecule is CC#CC.CC1CC(C)C1.CC1CC2(C1)CC(C)C2.CC=CC.COC.COC(C)(F)F.COC(C)=O.COC(C)=O. The molecule has 252 valence electrons. The lowest BCUT2D eigenvalue weighted by Crippen LogP contribution is -2.45. The average Bonchev–Trinajstić information content (AvgIpc) is 2.88. The molecule has 0 aromatic heterocycles. The Morgan fingerprint density at radius 3 is 0.976 bits per heavy atom. The number of methoxy groups -OCH3 is 4. The van der Waals surface area contributed by atoms with Crippen molar-refractivity contribution in [1.29, 1.82) is 0 Å². The monoisotopic (exact) mass is 608 g/mol. The maximum absolute atomic E-state index is 11.2. The molecule has 6 nitrogen and oxygen atoms in total. The summed E-state index contributed by atoms with van der Waals surface area (Å²) >= 11 is 0. The van der Waals surface area contributed by atoms with Crippen LogP contribution < -0.4 is 0 Å². The fraction of sp³-hybridized carbons (Fsp3) is 0.824. The first-order valence-corrected chi connectivity index (χ1v) is 14.7. The van der Waals surface area contributed by atoms with Crippen LogP contribution in [0.15, 0.2) is 12.2 Å². The van der Waals surface area contributed by atoms with Crippen molar-refractivity contribution >= 4 is 11.9 Å². The van der Waals surface area contributed by atoms with E-state index in [4.69, 9.17) is 0 Å². The summed E-state index contributed by atoms with van der Waals surface area (Å²) in [6, 6.07) is 0. The highest BCUT2D eigenvalue weighted by Crippen LogP contribution is 2.60. The van der Waals surface area contributed by atoms with Crippen LogP contribution in [0, 0.1) is 40.9 Å². The van der Waals surface area contributed by atoms with Crippen LogP contribution in [-0.4, -0.2) is 53.6 Å². The molecule has 3 rings (SSSR count). The molecule has 0 unspecified atom stereocenters. The summed E-state index contributed by atoms with van der Waals surface area (Å²) in [6.07, 6.45) is 10.1. The Hall–Kier alpha value is -1.98. The summed E-state index contributed by atoms with van der Waals surface area (Å²) in [7, 11) is 6.91. The molecule has 42 heavy (non-hydrogen) atoms. The van der Waals surface area contributed by atoms with E-state index in [2.05, 4.69) is 58.5 Å². The molecule has 8 heteroatoms. The minimum Gasteiger partial charge on any atom is -0.469 e. The topological polar surface area (TPSA) is 71.1 Å². The highest BCUT2D eigenvalue weighted by atomic mass is 19.3. The van der Waals surface area contributed by atoms with Crippen LogP contribution in [0.2, 0.25) is 0 Å². The maximum atomic E-state index is 11.2. The maximum Gasteiger partial charge on any atom is 0.352 e. The molecule has 3 aliphatic carbocycles. The zero-order valence-corrected chi connectivity index (χ0v) is 29.9. The van der Waals surface area contributed by atoms with Crippen molar-refractivity contribution in [3.63, 3.8) is 0 Å². The molecular formula is C34H66F2O6. The average molecular weight is 609 g/mol. The zero-order chi connectivity index (χ0) is 34.4. The van der Waals surface area contributed by atoms with Gasteiger partial charge in [0.05, 0.1) is 14.2 Å². The number of carbonyl (C=O) groups is 2. The van der Waals surface area contributed by atoms with Gasteiger partial charge in [-0.25, -0.2) is 0 Å². The third kappa shape index (κ3) is 42.5. The molecule has 3 saturated carbocycles. The quantitative estimate of drug-likeness (QED) is 0.168. The Kier molecular flexibility index (Phi) is 37.8. The van der Waals surface area contributed by atoms with Gasteiger partial charge in [0.25, 0.3) is 0 Å². The summed E-state index contributed by atoms with van der Waals surface area (Å²) in [5.74, 6) is 9.06. The first-order chi connectivity index (χ1) is 19.3. The smallest absolute Gasteiger partial charge is 0.352 e. The van der Waals surface area contributed by atoms with Crippen molar-refractivity contribution in [1.82, 2.24) is 0 Å². The molecule has 0 aliphatic heterocycles. The van der Waals surface area contributed by atoms with Crippen LogP contribution in [-0.2, 0) is 28.5 Å². The van der Waals surface area contributed by atoms with Gasteiger partial charge in [-0.3, -0.25) is 9.59 Å². The Morgan fingerprint density at radius 2 is 0.929 bits per heavy atom. The first kappa shape index (κ1) is 49.7. The molecule has 3 aliphatic rings.